The van der Waals surface area contributed by atoms with Gasteiger partial charge in [0, 0.05) is 18.5 Å². The Hall–Kier alpha value is -3.69. The first-order valence-corrected chi connectivity index (χ1v) is 13.5. The van der Waals surface area contributed by atoms with Crippen molar-refractivity contribution in [2.24, 2.45) is 0 Å². The number of hydrogen-bond acceptors (Lipinski definition) is 6. The van der Waals surface area contributed by atoms with Gasteiger partial charge in [-0.15, -0.1) is 0 Å². The summed E-state index contributed by atoms with van der Waals surface area (Å²) in [5.41, 5.74) is 2.49. The molecule has 1 aliphatic heterocycles. The molecule has 4 rings (SSSR count). The number of rotatable bonds is 9. The third-order valence-corrected chi connectivity index (χ3v) is 9.20. The van der Waals surface area contributed by atoms with Gasteiger partial charge >= 0.3 is 5.97 Å². The monoisotopic (exact) mass is 522 g/mol. The van der Waals surface area contributed by atoms with E-state index in [0.717, 1.165) is 16.9 Å². The normalized spacial score (nSPS) is 18.5. The molecule has 1 heterocycles. The van der Waals surface area contributed by atoms with Crippen LogP contribution in [0.1, 0.15) is 18.4 Å². The van der Waals surface area contributed by atoms with E-state index < -0.39 is 32.5 Å². The topological polar surface area (TPSA) is 122 Å². The fraction of sp³-hybridized carbons (Fsp3) is 0.286. The van der Waals surface area contributed by atoms with Gasteiger partial charge in [-0.3, -0.25) is 4.79 Å². The molecular formula is C28H30N2O6S. The van der Waals surface area contributed by atoms with Crippen LogP contribution in [-0.2, 0) is 25.8 Å². The van der Waals surface area contributed by atoms with Gasteiger partial charge in [0.1, 0.15) is 11.8 Å². The zero-order valence-corrected chi connectivity index (χ0v) is 21.3. The number of amides is 1. The van der Waals surface area contributed by atoms with Crippen LogP contribution in [0.3, 0.4) is 0 Å². The van der Waals surface area contributed by atoms with E-state index in [9.17, 15) is 23.1 Å². The predicted octanol–water partition coefficient (Wildman–Crippen LogP) is 3.07. The number of carbonyl (C=O) groups is 2. The lowest BCUT2D eigenvalue weighted by atomic mass is 9.96. The molecule has 0 aliphatic carbocycles. The highest BCUT2D eigenvalue weighted by atomic mass is 32.2. The summed E-state index contributed by atoms with van der Waals surface area (Å²) in [6.45, 7) is 0.496. The molecule has 1 fully saturated rings. The van der Waals surface area contributed by atoms with E-state index in [1.165, 1.54) is 12.1 Å². The number of carboxylic acid groups (broad SMARTS) is 1. The number of para-hydroxylation sites is 1. The number of methoxy groups -OCH3 is 1. The summed E-state index contributed by atoms with van der Waals surface area (Å²) in [4.78, 5) is 25.7. The summed E-state index contributed by atoms with van der Waals surface area (Å²) >= 11 is 0. The van der Waals surface area contributed by atoms with Gasteiger partial charge in [0.15, 0.2) is 14.6 Å². The van der Waals surface area contributed by atoms with Crippen molar-refractivity contribution in [3.05, 3.63) is 84.4 Å². The van der Waals surface area contributed by atoms with Crippen LogP contribution in [0.25, 0.3) is 11.1 Å². The summed E-state index contributed by atoms with van der Waals surface area (Å²) in [6, 6.07) is 21.4. The molecule has 9 heteroatoms. The third-order valence-electron chi connectivity index (χ3n) is 6.74. The standard InChI is InChI=1S/C28H30N2O6S/c1-36-25-11-6-5-10-23(25)21-14-12-20(13-15-21)18-24(26(31)32)30-27(33)28(16-7-17-29-19-28)37(34,35)22-8-3-2-4-9-22/h2-6,8-15,24,29H,7,16-19H2,1H3,(H,30,33)(H,31,32)/t24-,28?/m0/s1. The summed E-state index contributed by atoms with van der Waals surface area (Å²) in [5.74, 6) is -1.32. The van der Waals surface area contributed by atoms with E-state index in [0.29, 0.717) is 18.5 Å². The minimum atomic E-state index is -4.09. The predicted molar refractivity (Wildman–Crippen MR) is 140 cm³/mol. The zero-order chi connectivity index (χ0) is 26.5. The number of carboxylic acids is 1. The van der Waals surface area contributed by atoms with Crippen molar-refractivity contribution in [3.8, 4) is 16.9 Å². The quantitative estimate of drug-likeness (QED) is 0.395. The summed E-state index contributed by atoms with van der Waals surface area (Å²) in [7, 11) is -2.49. The first-order chi connectivity index (χ1) is 17.8. The highest BCUT2D eigenvalue weighted by molar-refractivity contribution is 7.93. The molecule has 0 saturated carbocycles. The van der Waals surface area contributed by atoms with Gasteiger partial charge in [-0.1, -0.05) is 60.7 Å². The second-order valence-corrected chi connectivity index (χ2v) is 11.3. The lowest BCUT2D eigenvalue weighted by Gasteiger charge is -2.36. The molecule has 0 radical (unpaired) electrons. The number of carbonyl (C=O) groups excluding carboxylic acids is 1. The highest BCUT2D eigenvalue weighted by Crippen LogP contribution is 2.33. The molecule has 0 spiro atoms. The number of aliphatic carboxylic acids is 1. The Morgan fingerprint density at radius 1 is 1.03 bits per heavy atom. The van der Waals surface area contributed by atoms with Crippen LogP contribution in [-0.4, -0.2) is 56.4 Å². The Bertz CT molecular complexity index is 1350. The smallest absolute Gasteiger partial charge is 0.326 e. The summed E-state index contributed by atoms with van der Waals surface area (Å²) in [6.07, 6.45) is 0.576. The molecule has 0 aromatic heterocycles. The maximum Gasteiger partial charge on any atom is 0.326 e. The minimum Gasteiger partial charge on any atom is -0.496 e. The van der Waals surface area contributed by atoms with Crippen LogP contribution >= 0.6 is 0 Å². The van der Waals surface area contributed by atoms with E-state index in [1.54, 1.807) is 37.4 Å². The molecule has 37 heavy (non-hydrogen) atoms. The van der Waals surface area contributed by atoms with Crippen molar-refractivity contribution in [3.63, 3.8) is 0 Å². The van der Waals surface area contributed by atoms with Crippen molar-refractivity contribution < 1.29 is 27.9 Å². The van der Waals surface area contributed by atoms with Gasteiger partial charge in [-0.2, -0.15) is 0 Å². The second-order valence-electron chi connectivity index (χ2n) is 9.06. The van der Waals surface area contributed by atoms with Crippen LogP contribution in [0.4, 0.5) is 0 Å². The average molecular weight is 523 g/mol. The molecule has 1 aliphatic rings. The maximum absolute atomic E-state index is 13.6. The first-order valence-electron chi connectivity index (χ1n) is 12.0. The molecule has 1 amide bonds. The fourth-order valence-corrected chi connectivity index (χ4v) is 6.65. The Labute approximate surface area is 216 Å². The van der Waals surface area contributed by atoms with E-state index in [1.807, 2.05) is 36.4 Å². The lowest BCUT2D eigenvalue weighted by molar-refractivity contribution is -0.142. The number of nitrogens with one attached hydrogen (secondary N) is 2. The molecule has 3 N–H and O–H groups in total. The second kappa shape index (κ2) is 11.1. The van der Waals surface area contributed by atoms with Gasteiger partial charge < -0.3 is 20.5 Å². The first kappa shape index (κ1) is 26.4. The molecule has 2 atom stereocenters. The summed E-state index contributed by atoms with van der Waals surface area (Å²) in [5, 5.41) is 15.4. The fourth-order valence-electron chi connectivity index (χ4n) is 4.68. The Balaban J connectivity index is 1.57. The zero-order valence-electron chi connectivity index (χ0n) is 20.5. The van der Waals surface area contributed by atoms with Crippen molar-refractivity contribution in [1.29, 1.82) is 0 Å². The summed E-state index contributed by atoms with van der Waals surface area (Å²) < 4.78 is 30.9. The van der Waals surface area contributed by atoms with Gasteiger partial charge in [0.05, 0.1) is 12.0 Å². The molecule has 8 nitrogen and oxygen atoms in total. The number of sulfone groups is 1. The SMILES string of the molecule is COc1ccccc1-c1ccc(C[C@H](NC(=O)C2(S(=O)(=O)c3ccccc3)CCCNC2)C(=O)O)cc1. The van der Waals surface area contributed by atoms with E-state index >= 15 is 0 Å². The van der Waals surface area contributed by atoms with Crippen LogP contribution in [0.15, 0.2) is 83.8 Å². The van der Waals surface area contributed by atoms with Crippen molar-refractivity contribution >= 4 is 21.7 Å². The Kier molecular flexibility index (Phi) is 7.94. The van der Waals surface area contributed by atoms with Crippen molar-refractivity contribution in [1.82, 2.24) is 10.6 Å². The number of ether oxygens (including phenoxy) is 1. The van der Waals surface area contributed by atoms with Crippen LogP contribution in [0, 0.1) is 0 Å². The Morgan fingerprint density at radius 2 is 1.70 bits per heavy atom. The molecule has 3 aromatic rings. The molecule has 194 valence electrons. The third kappa shape index (κ3) is 5.38. The Morgan fingerprint density at radius 3 is 2.32 bits per heavy atom. The van der Waals surface area contributed by atoms with E-state index in [-0.39, 0.29) is 24.3 Å². The molecular weight excluding hydrogens is 492 g/mol. The van der Waals surface area contributed by atoms with E-state index in [2.05, 4.69) is 10.6 Å². The van der Waals surface area contributed by atoms with Crippen LogP contribution < -0.4 is 15.4 Å². The highest BCUT2D eigenvalue weighted by Gasteiger charge is 2.52. The maximum atomic E-state index is 13.6. The molecule has 1 unspecified atom stereocenters. The number of benzene rings is 3. The lowest BCUT2D eigenvalue weighted by Crippen LogP contribution is -2.62. The average Bonchev–Trinajstić information content (AvgIpc) is 2.93. The van der Waals surface area contributed by atoms with E-state index in [4.69, 9.17) is 4.74 Å². The largest absolute Gasteiger partial charge is 0.496 e. The molecule has 1 saturated heterocycles. The van der Waals surface area contributed by atoms with Crippen LogP contribution in [0.5, 0.6) is 5.75 Å². The minimum absolute atomic E-state index is 0.00215. The number of piperidine rings is 1. The van der Waals surface area contributed by atoms with Gasteiger partial charge in [-0.25, -0.2) is 13.2 Å². The van der Waals surface area contributed by atoms with Crippen molar-refractivity contribution in [2.45, 2.75) is 34.9 Å². The van der Waals surface area contributed by atoms with Gasteiger partial charge in [-0.05, 0) is 48.7 Å². The molecule has 0 bridgehead atoms. The van der Waals surface area contributed by atoms with Gasteiger partial charge in [0.25, 0.3) is 0 Å². The number of hydrogen-bond donors (Lipinski definition) is 3. The van der Waals surface area contributed by atoms with Crippen LogP contribution in [0.2, 0.25) is 0 Å². The van der Waals surface area contributed by atoms with Crippen molar-refractivity contribution in [2.75, 3.05) is 20.2 Å². The molecule has 3 aromatic carbocycles. The van der Waals surface area contributed by atoms with Gasteiger partial charge in [0.2, 0.25) is 5.91 Å².